The minimum absolute atomic E-state index is 0.522. The Morgan fingerprint density at radius 3 is 3.20 bits per heavy atom. The maximum Gasteiger partial charge on any atom is 0.122 e. The summed E-state index contributed by atoms with van der Waals surface area (Å²) in [5.41, 5.74) is 2.71. The quantitative estimate of drug-likeness (QED) is 0.483. The van der Waals surface area contributed by atoms with Crippen LogP contribution >= 0.6 is 11.6 Å². The van der Waals surface area contributed by atoms with Crippen molar-refractivity contribution in [1.29, 1.82) is 0 Å². The Morgan fingerprint density at radius 1 is 1.40 bits per heavy atom. The molecule has 2 nitrogen and oxygen atoms in total. The molecule has 0 spiro atoms. The second-order valence-corrected chi connectivity index (χ2v) is 4.04. The summed E-state index contributed by atoms with van der Waals surface area (Å²) in [7, 11) is 0. The maximum absolute atomic E-state index is 5.57. The lowest BCUT2D eigenvalue weighted by Gasteiger charge is -2.17. The standard InChI is InChI=1S/C12H16ClNO/c13-9-14-6-5-10-3-4-12-11(8-10)2-1-7-15-12/h3-4,8,14H,1-2,5-7,9H2. The van der Waals surface area contributed by atoms with E-state index in [9.17, 15) is 0 Å². The molecule has 0 atom stereocenters. The highest BCUT2D eigenvalue weighted by atomic mass is 35.5. The molecular weight excluding hydrogens is 210 g/mol. The van der Waals surface area contributed by atoms with E-state index in [0.717, 1.165) is 38.2 Å². The van der Waals surface area contributed by atoms with Gasteiger partial charge in [-0.15, -0.1) is 11.6 Å². The van der Waals surface area contributed by atoms with Crippen molar-refractivity contribution in [2.75, 3.05) is 19.2 Å². The maximum atomic E-state index is 5.57. The van der Waals surface area contributed by atoms with Crippen LogP contribution in [0.2, 0.25) is 0 Å². The molecule has 1 aromatic rings. The molecule has 0 radical (unpaired) electrons. The van der Waals surface area contributed by atoms with Crippen LogP contribution in [0, 0.1) is 0 Å². The Hall–Kier alpha value is -0.730. The summed E-state index contributed by atoms with van der Waals surface area (Å²) in [5.74, 6) is 1.07. The highest BCUT2D eigenvalue weighted by Crippen LogP contribution is 2.25. The number of rotatable bonds is 4. The van der Waals surface area contributed by atoms with Gasteiger partial charge in [-0.1, -0.05) is 12.1 Å². The molecule has 0 saturated heterocycles. The van der Waals surface area contributed by atoms with Gasteiger partial charge in [0.2, 0.25) is 0 Å². The van der Waals surface area contributed by atoms with Gasteiger partial charge in [-0.2, -0.15) is 0 Å². The Morgan fingerprint density at radius 2 is 2.33 bits per heavy atom. The van der Waals surface area contributed by atoms with Crippen molar-refractivity contribution in [2.45, 2.75) is 19.3 Å². The van der Waals surface area contributed by atoms with Crippen molar-refractivity contribution in [3.05, 3.63) is 29.3 Å². The highest BCUT2D eigenvalue weighted by molar-refractivity contribution is 6.17. The fraction of sp³-hybridized carbons (Fsp3) is 0.500. The van der Waals surface area contributed by atoms with Crippen LogP contribution in [0.4, 0.5) is 0 Å². The summed E-state index contributed by atoms with van der Waals surface area (Å²) >= 11 is 5.55. The lowest BCUT2D eigenvalue weighted by molar-refractivity contribution is 0.288. The number of aryl methyl sites for hydroxylation is 1. The molecule has 0 unspecified atom stereocenters. The predicted molar refractivity (Wildman–Crippen MR) is 62.7 cm³/mol. The first-order chi connectivity index (χ1) is 7.40. The Balaban J connectivity index is 2.00. The molecule has 0 saturated carbocycles. The molecule has 0 aliphatic carbocycles. The normalized spacial score (nSPS) is 14.5. The van der Waals surface area contributed by atoms with E-state index < -0.39 is 0 Å². The third-order valence-electron chi connectivity index (χ3n) is 2.66. The number of fused-ring (bicyclic) bond motifs is 1. The molecule has 0 bridgehead atoms. The first-order valence-corrected chi connectivity index (χ1v) is 5.95. The SMILES string of the molecule is ClCNCCc1ccc2c(c1)CCCO2. The average Bonchev–Trinajstić information content (AvgIpc) is 2.29. The van der Waals surface area contributed by atoms with Crippen LogP contribution < -0.4 is 10.1 Å². The Kier molecular flexibility index (Phi) is 3.87. The number of hydrogen-bond acceptors (Lipinski definition) is 2. The summed E-state index contributed by atoms with van der Waals surface area (Å²) < 4.78 is 5.57. The van der Waals surface area contributed by atoms with E-state index in [1.165, 1.54) is 11.1 Å². The minimum Gasteiger partial charge on any atom is -0.493 e. The van der Waals surface area contributed by atoms with Crippen LogP contribution in [-0.2, 0) is 12.8 Å². The second kappa shape index (κ2) is 5.38. The zero-order valence-corrected chi connectivity index (χ0v) is 9.52. The van der Waals surface area contributed by atoms with Gasteiger partial charge < -0.3 is 10.1 Å². The monoisotopic (exact) mass is 225 g/mol. The van der Waals surface area contributed by atoms with Crippen molar-refractivity contribution in [3.63, 3.8) is 0 Å². The van der Waals surface area contributed by atoms with Crippen LogP contribution in [-0.4, -0.2) is 19.2 Å². The Bertz CT molecular complexity index is 327. The van der Waals surface area contributed by atoms with E-state index >= 15 is 0 Å². The molecule has 15 heavy (non-hydrogen) atoms. The summed E-state index contributed by atoms with van der Waals surface area (Å²) in [6.07, 6.45) is 3.31. The molecule has 1 aliphatic rings. The van der Waals surface area contributed by atoms with Gasteiger partial charge in [-0.25, -0.2) is 0 Å². The third kappa shape index (κ3) is 2.86. The fourth-order valence-corrected chi connectivity index (χ4v) is 2.00. The zero-order chi connectivity index (χ0) is 10.5. The molecule has 0 amide bonds. The van der Waals surface area contributed by atoms with E-state index in [2.05, 4.69) is 23.5 Å². The van der Waals surface area contributed by atoms with E-state index in [-0.39, 0.29) is 0 Å². The lowest BCUT2D eigenvalue weighted by Crippen LogP contribution is -2.15. The molecule has 1 heterocycles. The van der Waals surface area contributed by atoms with Crippen LogP contribution in [0.15, 0.2) is 18.2 Å². The van der Waals surface area contributed by atoms with Crippen LogP contribution in [0.5, 0.6) is 5.75 Å². The van der Waals surface area contributed by atoms with Crippen LogP contribution in [0.25, 0.3) is 0 Å². The van der Waals surface area contributed by atoms with Gasteiger partial charge in [0.05, 0.1) is 12.6 Å². The first kappa shape index (κ1) is 10.8. The molecule has 0 fully saturated rings. The molecule has 3 heteroatoms. The van der Waals surface area contributed by atoms with Gasteiger partial charge >= 0.3 is 0 Å². The average molecular weight is 226 g/mol. The van der Waals surface area contributed by atoms with Gasteiger partial charge in [0.1, 0.15) is 5.75 Å². The summed E-state index contributed by atoms with van der Waals surface area (Å²) in [6.45, 7) is 1.79. The molecule has 0 aromatic heterocycles. The minimum atomic E-state index is 0.522. The van der Waals surface area contributed by atoms with E-state index in [1.54, 1.807) is 0 Å². The van der Waals surface area contributed by atoms with Gasteiger partial charge in [0.15, 0.2) is 0 Å². The molecule has 1 aromatic carbocycles. The highest BCUT2D eigenvalue weighted by Gasteiger charge is 2.09. The number of hydrogen-bond donors (Lipinski definition) is 1. The van der Waals surface area contributed by atoms with Crippen LogP contribution in [0.1, 0.15) is 17.5 Å². The lowest BCUT2D eigenvalue weighted by atomic mass is 10.0. The second-order valence-electron chi connectivity index (χ2n) is 3.78. The number of alkyl halides is 1. The third-order valence-corrected chi connectivity index (χ3v) is 2.85. The topological polar surface area (TPSA) is 21.3 Å². The molecule has 1 N–H and O–H groups in total. The summed E-state index contributed by atoms with van der Waals surface area (Å²) in [4.78, 5) is 0. The van der Waals surface area contributed by atoms with Crippen LogP contribution in [0.3, 0.4) is 0 Å². The Labute approximate surface area is 95.6 Å². The van der Waals surface area contributed by atoms with Gasteiger partial charge in [0, 0.05) is 6.54 Å². The van der Waals surface area contributed by atoms with Gasteiger partial charge in [-0.05, 0) is 36.5 Å². The number of halogens is 1. The van der Waals surface area contributed by atoms with E-state index in [0.29, 0.717) is 6.00 Å². The number of ether oxygens (including phenoxy) is 1. The summed E-state index contributed by atoms with van der Waals surface area (Å²) in [5, 5.41) is 3.11. The predicted octanol–water partition coefficient (Wildman–Crippen LogP) is 2.34. The molecule has 82 valence electrons. The molecule has 2 rings (SSSR count). The van der Waals surface area contributed by atoms with E-state index in [1.807, 2.05) is 0 Å². The summed E-state index contributed by atoms with van der Waals surface area (Å²) in [6, 6.07) is 7.00. The number of nitrogens with one attached hydrogen (secondary N) is 1. The van der Waals surface area contributed by atoms with E-state index in [4.69, 9.17) is 16.3 Å². The first-order valence-electron chi connectivity index (χ1n) is 5.41. The fourth-order valence-electron chi connectivity index (χ4n) is 1.87. The van der Waals surface area contributed by atoms with Crippen molar-refractivity contribution in [1.82, 2.24) is 5.32 Å². The van der Waals surface area contributed by atoms with Crippen molar-refractivity contribution < 1.29 is 4.74 Å². The van der Waals surface area contributed by atoms with Gasteiger partial charge in [0.25, 0.3) is 0 Å². The van der Waals surface area contributed by atoms with Gasteiger partial charge in [-0.3, -0.25) is 0 Å². The van der Waals surface area contributed by atoms with Crippen molar-refractivity contribution in [2.24, 2.45) is 0 Å². The number of benzene rings is 1. The molecule has 1 aliphatic heterocycles. The smallest absolute Gasteiger partial charge is 0.122 e. The zero-order valence-electron chi connectivity index (χ0n) is 8.76. The van der Waals surface area contributed by atoms with Crippen molar-refractivity contribution >= 4 is 11.6 Å². The van der Waals surface area contributed by atoms with Crippen molar-refractivity contribution in [3.8, 4) is 5.75 Å². The largest absolute Gasteiger partial charge is 0.493 e. The molecular formula is C12H16ClNO.